The van der Waals surface area contributed by atoms with E-state index in [1.54, 1.807) is 6.20 Å². The van der Waals surface area contributed by atoms with Crippen molar-refractivity contribution in [3.05, 3.63) is 23.9 Å². The van der Waals surface area contributed by atoms with Crippen molar-refractivity contribution in [3.8, 4) is 0 Å². The number of pyridine rings is 1. The molecule has 1 aliphatic heterocycles. The third-order valence-electron chi connectivity index (χ3n) is 4.44. The predicted octanol–water partition coefficient (Wildman–Crippen LogP) is 1.93. The van der Waals surface area contributed by atoms with Gasteiger partial charge in [0.1, 0.15) is 5.82 Å². The first-order valence-corrected chi connectivity index (χ1v) is 7.73. The Bertz CT molecular complexity index is 516. The summed E-state index contributed by atoms with van der Waals surface area (Å²) in [5.41, 5.74) is 0.722. The summed E-state index contributed by atoms with van der Waals surface area (Å²) in [6, 6.07) is 3.93. The molecule has 0 unspecified atom stereocenters. The number of carbonyl (C=O) groups is 1. The monoisotopic (exact) mass is 289 g/mol. The fourth-order valence-electron chi connectivity index (χ4n) is 3.31. The highest BCUT2D eigenvalue weighted by molar-refractivity contribution is 5.95. The van der Waals surface area contributed by atoms with Gasteiger partial charge in [0.2, 0.25) is 0 Å². The van der Waals surface area contributed by atoms with Crippen molar-refractivity contribution in [1.29, 1.82) is 0 Å². The lowest BCUT2D eigenvalue weighted by atomic mass is 9.90. The minimum Gasteiger partial charge on any atom is -0.374 e. The summed E-state index contributed by atoms with van der Waals surface area (Å²) in [6.45, 7) is 1.35. The van der Waals surface area contributed by atoms with Crippen LogP contribution in [0.3, 0.4) is 0 Å². The molecule has 2 heterocycles. The SMILES string of the molecule is CN(C)c1cc(C(=O)N2CCO[C@H]3CCCC[C@@H]32)ccn1. The second-order valence-electron chi connectivity index (χ2n) is 6.06. The second kappa shape index (κ2) is 6.02. The van der Waals surface area contributed by atoms with Crippen molar-refractivity contribution in [3.63, 3.8) is 0 Å². The molecule has 5 nitrogen and oxygen atoms in total. The smallest absolute Gasteiger partial charge is 0.254 e. The van der Waals surface area contributed by atoms with Crippen LogP contribution in [-0.2, 0) is 4.74 Å². The molecule has 2 atom stereocenters. The normalized spacial score (nSPS) is 25.3. The highest BCUT2D eigenvalue weighted by Gasteiger charge is 2.36. The molecule has 3 rings (SSSR count). The van der Waals surface area contributed by atoms with Gasteiger partial charge >= 0.3 is 0 Å². The van der Waals surface area contributed by atoms with E-state index in [0.29, 0.717) is 13.2 Å². The van der Waals surface area contributed by atoms with E-state index < -0.39 is 0 Å². The lowest BCUT2D eigenvalue weighted by Crippen LogP contribution is -2.54. The van der Waals surface area contributed by atoms with Crippen LogP contribution >= 0.6 is 0 Å². The number of aromatic nitrogens is 1. The minimum absolute atomic E-state index is 0.112. The van der Waals surface area contributed by atoms with Gasteiger partial charge in [0.05, 0.1) is 18.8 Å². The first-order chi connectivity index (χ1) is 10.2. The lowest BCUT2D eigenvalue weighted by molar-refractivity contribution is -0.0752. The zero-order chi connectivity index (χ0) is 14.8. The molecule has 114 valence electrons. The largest absolute Gasteiger partial charge is 0.374 e. The quantitative estimate of drug-likeness (QED) is 0.834. The van der Waals surface area contributed by atoms with E-state index in [4.69, 9.17) is 4.74 Å². The van der Waals surface area contributed by atoms with Gasteiger partial charge in [-0.15, -0.1) is 0 Å². The molecule has 2 fully saturated rings. The Morgan fingerprint density at radius 3 is 3.00 bits per heavy atom. The molecule has 5 heteroatoms. The van der Waals surface area contributed by atoms with Gasteiger partial charge in [-0.25, -0.2) is 4.98 Å². The Labute approximate surface area is 125 Å². The van der Waals surface area contributed by atoms with Crippen molar-refractivity contribution >= 4 is 11.7 Å². The summed E-state index contributed by atoms with van der Waals surface area (Å²) in [6.07, 6.45) is 6.47. The molecule has 2 aliphatic rings. The Hall–Kier alpha value is -1.62. The van der Waals surface area contributed by atoms with Crippen molar-refractivity contribution in [2.45, 2.75) is 37.8 Å². The maximum atomic E-state index is 12.9. The molecule has 21 heavy (non-hydrogen) atoms. The summed E-state index contributed by atoms with van der Waals surface area (Å²) in [7, 11) is 3.87. The fraction of sp³-hybridized carbons (Fsp3) is 0.625. The molecule has 1 saturated heterocycles. The van der Waals surface area contributed by atoms with Crippen LogP contribution in [0.2, 0.25) is 0 Å². The highest BCUT2D eigenvalue weighted by atomic mass is 16.5. The van der Waals surface area contributed by atoms with Gasteiger partial charge in [-0.2, -0.15) is 0 Å². The van der Waals surface area contributed by atoms with E-state index >= 15 is 0 Å². The van der Waals surface area contributed by atoms with Crippen LogP contribution in [0.5, 0.6) is 0 Å². The molecule has 1 aliphatic carbocycles. The molecular formula is C16H23N3O2. The maximum absolute atomic E-state index is 12.9. The average Bonchev–Trinajstić information content (AvgIpc) is 2.53. The number of amides is 1. The van der Waals surface area contributed by atoms with E-state index in [-0.39, 0.29) is 18.1 Å². The van der Waals surface area contributed by atoms with Gasteiger partial charge in [-0.1, -0.05) is 12.8 Å². The van der Waals surface area contributed by atoms with Crippen LogP contribution in [0.15, 0.2) is 18.3 Å². The van der Waals surface area contributed by atoms with Crippen molar-refractivity contribution in [1.82, 2.24) is 9.88 Å². The van der Waals surface area contributed by atoms with Crippen molar-refractivity contribution in [2.75, 3.05) is 32.1 Å². The van der Waals surface area contributed by atoms with Gasteiger partial charge in [0.25, 0.3) is 5.91 Å². The molecule has 0 aromatic carbocycles. The van der Waals surface area contributed by atoms with E-state index in [0.717, 1.165) is 24.2 Å². The number of ether oxygens (including phenoxy) is 1. The molecule has 0 spiro atoms. The molecule has 1 aromatic heterocycles. The maximum Gasteiger partial charge on any atom is 0.254 e. The fourth-order valence-corrected chi connectivity index (χ4v) is 3.31. The molecular weight excluding hydrogens is 266 g/mol. The van der Waals surface area contributed by atoms with E-state index in [1.807, 2.05) is 36.0 Å². The first-order valence-electron chi connectivity index (χ1n) is 7.73. The van der Waals surface area contributed by atoms with Gasteiger partial charge < -0.3 is 14.5 Å². The number of fused-ring (bicyclic) bond motifs is 1. The number of carbonyl (C=O) groups excluding carboxylic acids is 1. The van der Waals surface area contributed by atoms with Crippen molar-refractivity contribution < 1.29 is 9.53 Å². The third kappa shape index (κ3) is 2.88. The van der Waals surface area contributed by atoms with Gasteiger partial charge in [0, 0.05) is 32.4 Å². The number of hydrogen-bond donors (Lipinski definition) is 0. The van der Waals surface area contributed by atoms with Crippen LogP contribution < -0.4 is 4.90 Å². The van der Waals surface area contributed by atoms with Crippen LogP contribution in [-0.4, -0.2) is 55.2 Å². The number of hydrogen-bond acceptors (Lipinski definition) is 4. The summed E-state index contributed by atoms with van der Waals surface area (Å²) in [5.74, 6) is 0.926. The molecule has 1 aromatic rings. The Morgan fingerprint density at radius 1 is 1.38 bits per heavy atom. The van der Waals surface area contributed by atoms with Crippen LogP contribution in [0.4, 0.5) is 5.82 Å². The van der Waals surface area contributed by atoms with Gasteiger partial charge in [0.15, 0.2) is 0 Å². The Morgan fingerprint density at radius 2 is 2.19 bits per heavy atom. The summed E-state index contributed by atoms with van der Waals surface area (Å²) >= 11 is 0. The van der Waals surface area contributed by atoms with E-state index in [1.165, 1.54) is 12.8 Å². The highest BCUT2D eigenvalue weighted by Crippen LogP contribution is 2.29. The molecule has 1 amide bonds. The van der Waals surface area contributed by atoms with Crippen LogP contribution in [0.1, 0.15) is 36.0 Å². The average molecular weight is 289 g/mol. The number of rotatable bonds is 2. The number of anilines is 1. The second-order valence-corrected chi connectivity index (χ2v) is 6.06. The molecule has 1 saturated carbocycles. The van der Waals surface area contributed by atoms with Crippen LogP contribution in [0, 0.1) is 0 Å². The summed E-state index contributed by atoms with van der Waals surface area (Å²) in [5, 5.41) is 0. The Balaban J connectivity index is 1.81. The number of nitrogens with zero attached hydrogens (tertiary/aromatic N) is 3. The van der Waals surface area contributed by atoms with Crippen LogP contribution in [0.25, 0.3) is 0 Å². The zero-order valence-corrected chi connectivity index (χ0v) is 12.8. The first kappa shape index (κ1) is 14.3. The minimum atomic E-state index is 0.112. The zero-order valence-electron chi connectivity index (χ0n) is 12.8. The Kier molecular flexibility index (Phi) is 4.10. The number of morpholine rings is 1. The standard InChI is InChI=1S/C16H23N3O2/c1-18(2)15-11-12(7-8-17-15)16(20)19-9-10-21-14-6-4-3-5-13(14)19/h7-8,11,13-14H,3-6,9-10H2,1-2H3/t13-,14-/m0/s1. The predicted molar refractivity (Wildman–Crippen MR) is 81.6 cm³/mol. The summed E-state index contributed by atoms with van der Waals surface area (Å²) < 4.78 is 5.85. The lowest BCUT2D eigenvalue weighted by Gasteiger charge is -2.43. The molecule has 0 bridgehead atoms. The molecule has 0 radical (unpaired) electrons. The van der Waals surface area contributed by atoms with Crippen molar-refractivity contribution in [2.24, 2.45) is 0 Å². The molecule has 0 N–H and O–H groups in total. The topological polar surface area (TPSA) is 45.7 Å². The summed E-state index contributed by atoms with van der Waals surface area (Å²) in [4.78, 5) is 21.1. The van der Waals surface area contributed by atoms with E-state index in [2.05, 4.69) is 4.98 Å². The van der Waals surface area contributed by atoms with Gasteiger partial charge in [-0.3, -0.25) is 4.79 Å². The van der Waals surface area contributed by atoms with Gasteiger partial charge in [-0.05, 0) is 25.0 Å². The third-order valence-corrected chi connectivity index (χ3v) is 4.44. The van der Waals surface area contributed by atoms with E-state index in [9.17, 15) is 4.79 Å².